The second kappa shape index (κ2) is 7.53. The molecule has 0 radical (unpaired) electrons. The van der Waals surface area contributed by atoms with Crippen LogP contribution in [0.25, 0.3) is 11.4 Å². The van der Waals surface area contributed by atoms with Gasteiger partial charge in [-0.3, -0.25) is 0 Å². The summed E-state index contributed by atoms with van der Waals surface area (Å²) in [6.07, 6.45) is 1.62. The number of anilines is 1. The Balaban J connectivity index is 1.51. The van der Waals surface area contributed by atoms with E-state index < -0.39 is 0 Å². The molecule has 0 bridgehead atoms. The van der Waals surface area contributed by atoms with Crippen LogP contribution in [0.4, 0.5) is 10.5 Å². The highest BCUT2D eigenvalue weighted by Gasteiger charge is 2.34. The van der Waals surface area contributed by atoms with E-state index in [-0.39, 0.29) is 12.1 Å². The van der Waals surface area contributed by atoms with Gasteiger partial charge in [0.15, 0.2) is 0 Å². The van der Waals surface area contributed by atoms with Crippen molar-refractivity contribution in [3.8, 4) is 17.5 Å². The zero-order chi connectivity index (χ0) is 19.5. The molecule has 0 saturated carbocycles. The van der Waals surface area contributed by atoms with E-state index in [0.717, 1.165) is 24.0 Å². The van der Waals surface area contributed by atoms with Crippen molar-refractivity contribution in [3.05, 3.63) is 65.5 Å². The standard InChI is InChI=1S/C21H19N5O2/c1-14-7-9-16(10-8-14)19-24-20(28-25-19)18-6-3-11-26(18)21(27)23-17-5-2-4-15(12-17)13-22/h2,4-5,7-10,12,18H,3,6,11H2,1H3,(H,23,27). The maximum Gasteiger partial charge on any atom is 0.322 e. The third-order valence-corrected chi connectivity index (χ3v) is 4.79. The maximum atomic E-state index is 12.8. The molecule has 2 aromatic carbocycles. The van der Waals surface area contributed by atoms with Crippen LogP contribution in [0.15, 0.2) is 53.1 Å². The van der Waals surface area contributed by atoms with Gasteiger partial charge in [0, 0.05) is 17.8 Å². The highest BCUT2D eigenvalue weighted by atomic mass is 16.5. The Morgan fingerprint density at radius 3 is 2.89 bits per heavy atom. The predicted molar refractivity (Wildman–Crippen MR) is 103 cm³/mol. The fraction of sp³-hybridized carbons (Fsp3) is 0.238. The first-order valence-corrected chi connectivity index (χ1v) is 9.12. The third-order valence-electron chi connectivity index (χ3n) is 4.79. The summed E-state index contributed by atoms with van der Waals surface area (Å²) in [6, 6.07) is 16.3. The Labute approximate surface area is 162 Å². The molecule has 7 heteroatoms. The van der Waals surface area contributed by atoms with Gasteiger partial charge in [0.05, 0.1) is 11.6 Å². The summed E-state index contributed by atoms with van der Waals surface area (Å²) in [5, 5.41) is 15.9. The van der Waals surface area contributed by atoms with E-state index in [1.807, 2.05) is 31.2 Å². The minimum absolute atomic E-state index is 0.243. The molecule has 2 amide bonds. The molecule has 2 heterocycles. The Bertz CT molecular complexity index is 1040. The molecular weight excluding hydrogens is 354 g/mol. The number of benzene rings is 2. The van der Waals surface area contributed by atoms with Crippen molar-refractivity contribution in [3.63, 3.8) is 0 Å². The Morgan fingerprint density at radius 2 is 2.11 bits per heavy atom. The van der Waals surface area contributed by atoms with Gasteiger partial charge in [-0.25, -0.2) is 4.79 Å². The first kappa shape index (κ1) is 17.7. The van der Waals surface area contributed by atoms with Gasteiger partial charge in [0.25, 0.3) is 0 Å². The smallest absolute Gasteiger partial charge is 0.322 e. The lowest BCUT2D eigenvalue weighted by Crippen LogP contribution is -2.34. The topological polar surface area (TPSA) is 95.0 Å². The summed E-state index contributed by atoms with van der Waals surface area (Å²) < 4.78 is 5.47. The number of amides is 2. The van der Waals surface area contributed by atoms with E-state index in [0.29, 0.717) is 29.5 Å². The van der Waals surface area contributed by atoms with Crippen LogP contribution in [0.5, 0.6) is 0 Å². The number of carbonyl (C=O) groups excluding carboxylic acids is 1. The molecule has 4 rings (SSSR count). The average Bonchev–Trinajstić information content (AvgIpc) is 3.38. The van der Waals surface area contributed by atoms with Gasteiger partial charge in [-0.2, -0.15) is 10.2 Å². The summed E-state index contributed by atoms with van der Waals surface area (Å²) >= 11 is 0. The molecule has 1 aliphatic heterocycles. The molecule has 140 valence electrons. The van der Waals surface area contributed by atoms with Gasteiger partial charge in [0.2, 0.25) is 11.7 Å². The van der Waals surface area contributed by atoms with Crippen molar-refractivity contribution in [2.75, 3.05) is 11.9 Å². The van der Waals surface area contributed by atoms with Gasteiger partial charge in [-0.05, 0) is 38.0 Å². The molecule has 1 N–H and O–H groups in total. The van der Waals surface area contributed by atoms with Crippen molar-refractivity contribution < 1.29 is 9.32 Å². The molecule has 1 aliphatic rings. The number of rotatable bonds is 3. The SMILES string of the molecule is Cc1ccc(-c2noc(C3CCCN3C(=O)Nc3cccc(C#N)c3)n2)cc1. The van der Waals surface area contributed by atoms with Gasteiger partial charge in [0.1, 0.15) is 6.04 Å². The number of nitriles is 1. The minimum Gasteiger partial charge on any atom is -0.337 e. The van der Waals surface area contributed by atoms with Crippen LogP contribution >= 0.6 is 0 Å². The normalized spacial score (nSPS) is 16.0. The zero-order valence-corrected chi connectivity index (χ0v) is 15.4. The summed E-state index contributed by atoms with van der Waals surface area (Å²) in [7, 11) is 0. The maximum absolute atomic E-state index is 12.8. The van der Waals surface area contributed by atoms with E-state index >= 15 is 0 Å². The fourth-order valence-corrected chi connectivity index (χ4v) is 3.32. The number of aryl methyl sites for hydroxylation is 1. The molecule has 1 saturated heterocycles. The lowest BCUT2D eigenvalue weighted by atomic mass is 10.1. The van der Waals surface area contributed by atoms with Crippen LogP contribution in [0.2, 0.25) is 0 Å². The number of hydrogen-bond acceptors (Lipinski definition) is 5. The third kappa shape index (κ3) is 3.58. The van der Waals surface area contributed by atoms with Crippen LogP contribution in [0, 0.1) is 18.3 Å². The molecule has 1 atom stereocenters. The summed E-state index contributed by atoms with van der Waals surface area (Å²) in [5.41, 5.74) is 3.12. The van der Waals surface area contributed by atoms with Crippen LogP contribution in [0.1, 0.15) is 35.9 Å². The lowest BCUT2D eigenvalue weighted by Gasteiger charge is -2.22. The minimum atomic E-state index is -0.258. The molecule has 7 nitrogen and oxygen atoms in total. The first-order valence-electron chi connectivity index (χ1n) is 9.12. The van der Waals surface area contributed by atoms with Crippen LogP contribution in [-0.4, -0.2) is 27.6 Å². The van der Waals surface area contributed by atoms with Crippen molar-refractivity contribution in [2.45, 2.75) is 25.8 Å². The van der Waals surface area contributed by atoms with Crippen molar-refractivity contribution in [1.82, 2.24) is 15.0 Å². The van der Waals surface area contributed by atoms with Crippen molar-refractivity contribution in [1.29, 1.82) is 5.26 Å². The van der Waals surface area contributed by atoms with Crippen molar-refractivity contribution in [2.24, 2.45) is 0 Å². The second-order valence-corrected chi connectivity index (χ2v) is 6.80. The van der Waals surface area contributed by atoms with Crippen molar-refractivity contribution >= 4 is 11.7 Å². The Kier molecular flexibility index (Phi) is 4.77. The molecule has 0 spiro atoms. The van der Waals surface area contributed by atoms with E-state index in [1.165, 1.54) is 0 Å². The average molecular weight is 373 g/mol. The fourth-order valence-electron chi connectivity index (χ4n) is 3.32. The molecular formula is C21H19N5O2. The number of nitrogens with one attached hydrogen (secondary N) is 1. The summed E-state index contributed by atoms with van der Waals surface area (Å²) in [6.45, 7) is 2.63. The van der Waals surface area contributed by atoms with Gasteiger partial charge < -0.3 is 14.7 Å². The number of aromatic nitrogens is 2. The number of urea groups is 1. The zero-order valence-electron chi connectivity index (χ0n) is 15.4. The number of likely N-dealkylation sites (tertiary alicyclic amines) is 1. The number of carbonyl (C=O) groups is 1. The molecule has 0 aliphatic carbocycles. The quantitative estimate of drug-likeness (QED) is 0.739. The highest BCUT2D eigenvalue weighted by Crippen LogP contribution is 2.32. The van der Waals surface area contributed by atoms with Crippen LogP contribution in [-0.2, 0) is 0 Å². The van der Waals surface area contributed by atoms with E-state index in [4.69, 9.17) is 9.78 Å². The Hall–Kier alpha value is -3.66. The lowest BCUT2D eigenvalue weighted by molar-refractivity contribution is 0.193. The second-order valence-electron chi connectivity index (χ2n) is 6.80. The summed E-state index contributed by atoms with van der Waals surface area (Å²) in [4.78, 5) is 19.0. The van der Waals surface area contributed by atoms with E-state index in [9.17, 15) is 4.79 Å². The first-order chi connectivity index (χ1) is 13.6. The predicted octanol–water partition coefficient (Wildman–Crippen LogP) is 4.29. The Morgan fingerprint density at radius 1 is 1.29 bits per heavy atom. The molecule has 1 fully saturated rings. The monoisotopic (exact) mass is 373 g/mol. The molecule has 28 heavy (non-hydrogen) atoms. The van der Waals surface area contributed by atoms with Gasteiger partial charge >= 0.3 is 6.03 Å². The largest absolute Gasteiger partial charge is 0.337 e. The van der Waals surface area contributed by atoms with Gasteiger partial charge in [-0.1, -0.05) is 41.1 Å². The number of nitrogens with zero attached hydrogens (tertiary/aromatic N) is 4. The molecule has 3 aromatic rings. The van der Waals surface area contributed by atoms with Gasteiger partial charge in [-0.15, -0.1) is 0 Å². The molecule has 1 aromatic heterocycles. The van der Waals surface area contributed by atoms with E-state index in [1.54, 1.807) is 29.2 Å². The van der Waals surface area contributed by atoms with Crippen LogP contribution in [0.3, 0.4) is 0 Å². The number of hydrogen-bond donors (Lipinski definition) is 1. The summed E-state index contributed by atoms with van der Waals surface area (Å²) in [5.74, 6) is 0.956. The highest BCUT2D eigenvalue weighted by molar-refractivity contribution is 5.90. The van der Waals surface area contributed by atoms with E-state index in [2.05, 4.69) is 21.5 Å². The van der Waals surface area contributed by atoms with Crippen LogP contribution < -0.4 is 5.32 Å². The molecule has 1 unspecified atom stereocenters.